The van der Waals surface area contributed by atoms with E-state index >= 15 is 0 Å². The number of oxazole rings is 1. The third-order valence-corrected chi connectivity index (χ3v) is 17.2. The second kappa shape index (κ2) is 25.7. The molecule has 17 atom stereocenters. The van der Waals surface area contributed by atoms with E-state index in [1.165, 1.54) is 26.6 Å². The third kappa shape index (κ3) is 14.6. The van der Waals surface area contributed by atoms with Crippen LogP contribution in [0.5, 0.6) is 0 Å². The number of hydrogen-bond acceptors (Lipinski definition) is 16. The Morgan fingerprint density at radius 2 is 1.77 bits per heavy atom. The van der Waals surface area contributed by atoms with Crippen molar-refractivity contribution in [3.05, 3.63) is 59.4 Å². The molecular formula is C50H80BrN4O15P. The summed E-state index contributed by atoms with van der Waals surface area (Å²) in [7, 11) is 1.19. The largest absolute Gasteiger partial charge is 0.469 e. The van der Waals surface area contributed by atoms with Crippen LogP contribution < -0.4 is 5.32 Å². The average Bonchev–Trinajstić information content (AvgIpc) is 3.93. The average molecular weight is 1090 g/mol. The molecule has 7 N–H and O–H groups in total. The number of alkyl halides is 1. The Labute approximate surface area is 428 Å². The van der Waals surface area contributed by atoms with Gasteiger partial charge < -0.3 is 68.5 Å². The molecule has 1 aromatic rings. The summed E-state index contributed by atoms with van der Waals surface area (Å²) in [5, 5.41) is 56.2. The number of phosphoric acid groups is 1. The van der Waals surface area contributed by atoms with Crippen LogP contribution in [0.3, 0.4) is 0 Å². The quantitative estimate of drug-likeness (QED) is 0.0299. The maximum Gasteiger partial charge on any atom is 0.469 e. The van der Waals surface area contributed by atoms with Gasteiger partial charge in [0.15, 0.2) is 17.8 Å². The van der Waals surface area contributed by atoms with Gasteiger partial charge in [0.25, 0.3) is 5.91 Å². The van der Waals surface area contributed by atoms with Crippen LogP contribution >= 0.6 is 23.8 Å². The standard InChI is InChI=1S/C50H80BrN4O15P/c1-28(20-22-52)16-14-17-30(3)49(9)44(51)33(6)42(68-49)32(5)36(56)24-39(65-13)43-45(70-71(61,62)63)48(7,8)50(69-43)25-37(57)31(4)38(67-50)19-15-18-34-26-66-47(54-34)29(2)21-23-53-46(60)41(59)40(58)35(27-64-12)55(10)11/h14-18,20,26,29,31-33,35-45,56-59H,19,21,23-25,27H2,1-13H3,(H,53,60)(H2,61,62,63)/b16-14+,18-15+,28-20-,30-17+/t29-,31-,32-,33-,35-,36-,37+,38-,39-,40-,41-,42-,43+,44+,45-,49-,50+/m1/s1. The topological polar surface area (TPSA) is 276 Å². The zero-order chi connectivity index (χ0) is 53.4. The van der Waals surface area contributed by atoms with Gasteiger partial charge in [0.1, 0.15) is 30.3 Å². The molecule has 19 nitrogen and oxygen atoms in total. The molecule has 1 spiro atoms. The van der Waals surface area contributed by atoms with Gasteiger partial charge in [0.2, 0.25) is 0 Å². The summed E-state index contributed by atoms with van der Waals surface area (Å²) >= 11 is 3.88. The Morgan fingerprint density at radius 1 is 1.10 bits per heavy atom. The van der Waals surface area contributed by atoms with Crippen LogP contribution in [0.15, 0.2) is 52.2 Å². The lowest BCUT2D eigenvalue weighted by Gasteiger charge is -2.50. The summed E-state index contributed by atoms with van der Waals surface area (Å²) in [5.41, 5.74) is 0.249. The van der Waals surface area contributed by atoms with Crippen LogP contribution in [0.25, 0.3) is 6.08 Å². The minimum absolute atomic E-state index is 0.0219. The molecule has 0 aromatic carbocycles. The predicted octanol–water partition coefficient (Wildman–Crippen LogP) is 5.30. The Morgan fingerprint density at radius 3 is 2.38 bits per heavy atom. The summed E-state index contributed by atoms with van der Waals surface area (Å²) in [6.07, 6.45) is 3.33. The number of hydrogen-bond donors (Lipinski definition) is 7. The number of nitrogens with zero attached hydrogens (tertiary/aromatic N) is 3. The lowest BCUT2D eigenvalue weighted by molar-refractivity contribution is -0.334. The number of allylic oxidation sites excluding steroid dienone is 5. The number of aromatic nitrogens is 1. The molecule has 3 saturated heterocycles. The highest BCUT2D eigenvalue weighted by molar-refractivity contribution is 9.09. The van der Waals surface area contributed by atoms with E-state index in [1.807, 2.05) is 71.9 Å². The number of halogens is 1. The van der Waals surface area contributed by atoms with Crippen molar-refractivity contribution in [2.45, 2.75) is 171 Å². The van der Waals surface area contributed by atoms with Crippen molar-refractivity contribution >= 4 is 35.7 Å². The number of likely N-dealkylation sites (N-methyl/N-ethyl adjacent to an activating group) is 1. The van der Waals surface area contributed by atoms with Crippen molar-refractivity contribution in [2.24, 2.45) is 23.2 Å². The molecule has 1 amide bonds. The fraction of sp³-hybridized carbons (Fsp3) is 0.740. The number of carbonyl (C=O) groups excluding carboxylic acids is 1. The SMILES string of the molecule is COC[C@H]([C@@H](O)[C@@H](O)C(=O)NCC[C@@H](C)c1nc(/C=C/C[C@H]2O[C@@]3(C[C@H](O)[C@H]2C)O[C@@H]([C@@H](C[C@@H](O)[C@@H](C)[C@H]2O[C@](C)(/C(C)=C/C=C/C(C)=C\C#N)[C@@H](Br)[C@@H]2C)OC)[C@@H](OP(=O)(O)O)C3(C)C)co1)N(C)C. The number of phosphoric ester groups is 1. The number of rotatable bonds is 24. The van der Waals surface area contributed by atoms with E-state index in [4.69, 9.17) is 37.9 Å². The molecular weight excluding hydrogens is 1010 g/mol. The van der Waals surface area contributed by atoms with E-state index in [-0.39, 0.29) is 49.1 Å². The normalized spacial score (nSPS) is 32.6. The van der Waals surface area contributed by atoms with Crippen molar-refractivity contribution in [1.82, 2.24) is 15.2 Å². The molecule has 71 heavy (non-hydrogen) atoms. The van der Waals surface area contributed by atoms with Crippen LogP contribution in [-0.2, 0) is 37.6 Å². The van der Waals surface area contributed by atoms with Gasteiger partial charge in [-0.1, -0.05) is 81.8 Å². The highest BCUT2D eigenvalue weighted by atomic mass is 79.9. The molecule has 0 unspecified atom stereocenters. The van der Waals surface area contributed by atoms with E-state index in [1.54, 1.807) is 38.9 Å². The van der Waals surface area contributed by atoms with E-state index in [2.05, 4.69) is 33.2 Å². The summed E-state index contributed by atoms with van der Waals surface area (Å²) in [5.74, 6) is -3.00. The third-order valence-electron chi connectivity index (χ3n) is 15.0. The van der Waals surface area contributed by atoms with Crippen LogP contribution in [0, 0.1) is 34.5 Å². The first-order chi connectivity index (χ1) is 33.1. The maximum atomic E-state index is 12.6. The molecule has 4 heterocycles. The van der Waals surface area contributed by atoms with Gasteiger partial charge >= 0.3 is 7.82 Å². The molecule has 0 saturated carbocycles. The Bertz CT molecular complexity index is 2120. The number of nitriles is 1. The number of amides is 1. The van der Waals surface area contributed by atoms with Crippen LogP contribution in [0.2, 0.25) is 0 Å². The molecule has 0 aliphatic carbocycles. The maximum absolute atomic E-state index is 12.6. The second-order valence-corrected chi connectivity index (χ2v) is 22.8. The van der Waals surface area contributed by atoms with Crippen LogP contribution in [-0.4, -0.2) is 165 Å². The van der Waals surface area contributed by atoms with Gasteiger partial charge in [-0.25, -0.2) is 9.55 Å². The number of nitrogens with one attached hydrogen (secondary N) is 1. The van der Waals surface area contributed by atoms with Gasteiger partial charge in [0.05, 0.1) is 59.7 Å². The highest BCUT2D eigenvalue weighted by Gasteiger charge is 2.68. The summed E-state index contributed by atoms with van der Waals surface area (Å²) < 4.78 is 55.4. The molecule has 3 aliphatic heterocycles. The van der Waals surface area contributed by atoms with Crippen LogP contribution in [0.1, 0.15) is 105 Å². The minimum atomic E-state index is -5.14. The van der Waals surface area contributed by atoms with Gasteiger partial charge in [-0.05, 0) is 70.8 Å². The highest BCUT2D eigenvalue weighted by Crippen LogP contribution is 2.59. The summed E-state index contributed by atoms with van der Waals surface area (Å²) in [4.78, 5) is 39.3. The molecule has 402 valence electrons. The van der Waals surface area contributed by atoms with Crippen molar-refractivity contribution < 1.29 is 72.2 Å². The molecule has 0 bridgehead atoms. The van der Waals surface area contributed by atoms with Crippen molar-refractivity contribution in [2.75, 3.05) is 41.5 Å². The lowest BCUT2D eigenvalue weighted by Crippen LogP contribution is -2.58. The first-order valence-corrected chi connectivity index (χ1v) is 26.7. The van der Waals surface area contributed by atoms with Crippen molar-refractivity contribution in [3.63, 3.8) is 0 Å². The zero-order valence-electron chi connectivity index (χ0n) is 43.5. The van der Waals surface area contributed by atoms with E-state index in [9.17, 15) is 39.6 Å². The lowest BCUT2D eigenvalue weighted by atomic mass is 9.72. The Hall–Kier alpha value is -2.68. The van der Waals surface area contributed by atoms with Crippen molar-refractivity contribution in [1.29, 1.82) is 5.26 Å². The number of aliphatic hydroxyl groups excluding tert-OH is 4. The van der Waals surface area contributed by atoms with Gasteiger partial charge in [-0.15, -0.1) is 0 Å². The van der Waals surface area contributed by atoms with Gasteiger partial charge in [0, 0.05) is 62.9 Å². The fourth-order valence-corrected chi connectivity index (χ4v) is 11.4. The zero-order valence-corrected chi connectivity index (χ0v) is 45.9. The summed E-state index contributed by atoms with van der Waals surface area (Å²) in [6.45, 7) is 17.2. The Kier molecular flexibility index (Phi) is 22.0. The van der Waals surface area contributed by atoms with Crippen LogP contribution in [0.4, 0.5) is 0 Å². The monoisotopic (exact) mass is 1090 g/mol. The van der Waals surface area contributed by atoms with E-state index in [0.29, 0.717) is 18.0 Å². The fourth-order valence-electron chi connectivity index (χ4n) is 9.91. The molecule has 3 fully saturated rings. The second-order valence-electron chi connectivity index (χ2n) is 20.6. The molecule has 21 heteroatoms. The van der Waals surface area contributed by atoms with E-state index in [0.717, 1.165) is 11.1 Å². The molecule has 1 aromatic heterocycles. The van der Waals surface area contributed by atoms with E-state index < -0.39 is 103 Å². The smallest absolute Gasteiger partial charge is 0.448 e. The number of methoxy groups -OCH3 is 2. The molecule has 3 aliphatic rings. The molecule has 4 rings (SSSR count). The Balaban J connectivity index is 1.46. The minimum Gasteiger partial charge on any atom is -0.448 e. The number of aliphatic hydroxyl groups is 4. The predicted molar refractivity (Wildman–Crippen MR) is 269 cm³/mol. The first kappa shape index (κ1) is 60.9. The number of ether oxygens (including phenoxy) is 5. The summed E-state index contributed by atoms with van der Waals surface area (Å²) in [6, 6.07) is 1.43. The number of carbonyl (C=O) groups is 1. The van der Waals surface area contributed by atoms with Gasteiger partial charge in [-0.2, -0.15) is 5.26 Å². The first-order valence-electron chi connectivity index (χ1n) is 24.2. The van der Waals surface area contributed by atoms with Gasteiger partial charge in [-0.3, -0.25) is 9.32 Å². The van der Waals surface area contributed by atoms with Crippen molar-refractivity contribution in [3.8, 4) is 6.07 Å². The molecule has 0 radical (unpaired) electrons.